The first-order valence-corrected chi connectivity index (χ1v) is 8.17. The van der Waals surface area contributed by atoms with Crippen molar-refractivity contribution >= 4 is 16.8 Å². The van der Waals surface area contributed by atoms with E-state index < -0.39 is 0 Å². The maximum atomic E-state index is 12.8. The number of aromatic nitrogens is 1. The van der Waals surface area contributed by atoms with Gasteiger partial charge in [-0.2, -0.15) is 0 Å². The van der Waals surface area contributed by atoms with Crippen molar-refractivity contribution < 1.29 is 9.90 Å². The zero-order valence-corrected chi connectivity index (χ0v) is 13.8. The average molecular weight is 322 g/mol. The molecule has 1 aromatic heterocycles. The van der Waals surface area contributed by atoms with Gasteiger partial charge in [-0.15, -0.1) is 0 Å². The topological polar surface area (TPSA) is 56.3 Å². The van der Waals surface area contributed by atoms with Gasteiger partial charge in [-0.05, 0) is 29.7 Å². The molecule has 2 N–H and O–H groups in total. The predicted octanol–water partition coefficient (Wildman–Crippen LogP) is 3.04. The lowest BCUT2D eigenvalue weighted by Crippen LogP contribution is -2.34. The second kappa shape index (κ2) is 7.32. The Hall–Kier alpha value is -2.59. The molecular formula is C20H22N2O2. The number of carbonyl (C=O) groups is 1. The van der Waals surface area contributed by atoms with E-state index in [1.807, 2.05) is 48.7 Å². The van der Waals surface area contributed by atoms with Crippen molar-refractivity contribution in [2.45, 2.75) is 19.9 Å². The number of amides is 1. The first kappa shape index (κ1) is 16.3. The van der Waals surface area contributed by atoms with Gasteiger partial charge < -0.3 is 15.0 Å². The van der Waals surface area contributed by atoms with Crippen LogP contribution in [0.1, 0.15) is 16.7 Å². The Kier molecular flexibility index (Phi) is 4.96. The highest BCUT2D eigenvalue weighted by Gasteiger charge is 2.16. The minimum Gasteiger partial charge on any atom is -0.395 e. The van der Waals surface area contributed by atoms with Crippen LogP contribution in [0.4, 0.5) is 0 Å². The van der Waals surface area contributed by atoms with E-state index in [1.165, 1.54) is 0 Å². The lowest BCUT2D eigenvalue weighted by molar-refractivity contribution is -0.131. The van der Waals surface area contributed by atoms with E-state index in [9.17, 15) is 9.90 Å². The molecule has 0 spiro atoms. The fraction of sp³-hybridized carbons (Fsp3) is 0.250. The summed E-state index contributed by atoms with van der Waals surface area (Å²) < 4.78 is 0. The fourth-order valence-corrected chi connectivity index (χ4v) is 3.08. The second-order valence-corrected chi connectivity index (χ2v) is 6.01. The molecule has 0 bridgehead atoms. The standard InChI is InChI=1S/C20H22N2O2/c1-15-6-5-9-18-20(15)17(13-21-18)12-19(24)22(10-11-23)14-16-7-3-2-4-8-16/h2-9,13,21,23H,10-12,14H2,1H3. The van der Waals surface area contributed by atoms with Gasteiger partial charge in [-0.3, -0.25) is 4.79 Å². The number of aryl methyl sites for hydroxylation is 1. The van der Waals surface area contributed by atoms with Crippen LogP contribution in [0.3, 0.4) is 0 Å². The smallest absolute Gasteiger partial charge is 0.227 e. The van der Waals surface area contributed by atoms with Crippen LogP contribution in [-0.2, 0) is 17.8 Å². The summed E-state index contributed by atoms with van der Waals surface area (Å²) in [7, 11) is 0. The molecule has 0 fully saturated rings. The second-order valence-electron chi connectivity index (χ2n) is 6.01. The highest BCUT2D eigenvalue weighted by Crippen LogP contribution is 2.23. The maximum Gasteiger partial charge on any atom is 0.227 e. The zero-order chi connectivity index (χ0) is 16.9. The van der Waals surface area contributed by atoms with E-state index >= 15 is 0 Å². The molecule has 3 aromatic rings. The number of hydrogen-bond acceptors (Lipinski definition) is 2. The lowest BCUT2D eigenvalue weighted by Gasteiger charge is -2.22. The Morgan fingerprint density at radius 2 is 1.92 bits per heavy atom. The molecule has 0 aliphatic carbocycles. The predicted molar refractivity (Wildman–Crippen MR) is 95.7 cm³/mol. The quantitative estimate of drug-likeness (QED) is 0.733. The molecule has 24 heavy (non-hydrogen) atoms. The maximum absolute atomic E-state index is 12.8. The lowest BCUT2D eigenvalue weighted by atomic mass is 10.0. The summed E-state index contributed by atoms with van der Waals surface area (Å²) in [6.45, 7) is 2.88. The van der Waals surface area contributed by atoms with Gasteiger partial charge in [0, 0.05) is 30.2 Å². The first-order chi connectivity index (χ1) is 11.7. The van der Waals surface area contributed by atoms with E-state index in [2.05, 4.69) is 18.0 Å². The highest BCUT2D eigenvalue weighted by molar-refractivity contribution is 5.91. The fourth-order valence-electron chi connectivity index (χ4n) is 3.08. The number of hydrogen-bond donors (Lipinski definition) is 2. The molecule has 1 heterocycles. The number of aliphatic hydroxyl groups is 1. The number of rotatable bonds is 6. The van der Waals surface area contributed by atoms with Crippen molar-refractivity contribution in [3.8, 4) is 0 Å². The summed E-state index contributed by atoms with van der Waals surface area (Å²) in [5.74, 6) is 0.0251. The Morgan fingerprint density at radius 1 is 1.12 bits per heavy atom. The van der Waals surface area contributed by atoms with Gasteiger partial charge in [0.1, 0.15) is 0 Å². The van der Waals surface area contributed by atoms with E-state index in [0.717, 1.165) is 27.6 Å². The Bertz CT molecular complexity index is 824. The molecule has 1 amide bonds. The number of nitrogens with one attached hydrogen (secondary N) is 1. The third kappa shape index (κ3) is 3.49. The SMILES string of the molecule is Cc1cccc2[nH]cc(CC(=O)N(CCO)Cc3ccccc3)c12. The van der Waals surface area contributed by atoms with Gasteiger partial charge in [0.15, 0.2) is 0 Å². The number of nitrogens with zero attached hydrogens (tertiary/aromatic N) is 1. The summed E-state index contributed by atoms with van der Waals surface area (Å²) in [6.07, 6.45) is 2.24. The minimum absolute atomic E-state index is 0.0251. The number of fused-ring (bicyclic) bond motifs is 1. The molecular weight excluding hydrogens is 300 g/mol. The molecule has 0 saturated carbocycles. The van der Waals surface area contributed by atoms with Gasteiger partial charge in [0.2, 0.25) is 5.91 Å². The number of benzene rings is 2. The molecule has 0 unspecified atom stereocenters. The van der Waals surface area contributed by atoms with Crippen molar-refractivity contribution in [3.63, 3.8) is 0 Å². The zero-order valence-electron chi connectivity index (χ0n) is 13.8. The Morgan fingerprint density at radius 3 is 2.67 bits per heavy atom. The van der Waals surface area contributed by atoms with Crippen LogP contribution < -0.4 is 0 Å². The summed E-state index contributed by atoms with van der Waals surface area (Å²) >= 11 is 0. The van der Waals surface area contributed by atoms with Gasteiger partial charge in [-0.25, -0.2) is 0 Å². The summed E-state index contributed by atoms with van der Waals surface area (Å²) in [5.41, 5.74) is 4.28. The monoisotopic (exact) mass is 322 g/mol. The van der Waals surface area contributed by atoms with Gasteiger partial charge in [-0.1, -0.05) is 42.5 Å². The molecule has 0 atom stereocenters. The highest BCUT2D eigenvalue weighted by atomic mass is 16.3. The molecule has 0 radical (unpaired) electrons. The van der Waals surface area contributed by atoms with Crippen molar-refractivity contribution in [2.24, 2.45) is 0 Å². The van der Waals surface area contributed by atoms with Crippen molar-refractivity contribution in [1.82, 2.24) is 9.88 Å². The molecule has 2 aromatic carbocycles. The minimum atomic E-state index is -0.0362. The van der Waals surface area contributed by atoms with Gasteiger partial charge in [0.25, 0.3) is 0 Å². The normalized spacial score (nSPS) is 10.9. The van der Waals surface area contributed by atoms with E-state index in [0.29, 0.717) is 19.5 Å². The largest absolute Gasteiger partial charge is 0.395 e. The van der Waals surface area contributed by atoms with Crippen molar-refractivity contribution in [2.75, 3.05) is 13.2 Å². The molecule has 0 aliphatic rings. The summed E-state index contributed by atoms with van der Waals surface area (Å²) in [6, 6.07) is 15.9. The van der Waals surface area contributed by atoms with Crippen molar-refractivity contribution in [1.29, 1.82) is 0 Å². The summed E-state index contributed by atoms with van der Waals surface area (Å²) in [4.78, 5) is 17.7. The van der Waals surface area contributed by atoms with Crippen molar-refractivity contribution in [3.05, 3.63) is 71.4 Å². The molecule has 4 heteroatoms. The van der Waals surface area contributed by atoms with E-state index in [1.54, 1.807) is 4.90 Å². The molecule has 124 valence electrons. The van der Waals surface area contributed by atoms with E-state index in [-0.39, 0.29) is 12.5 Å². The van der Waals surface area contributed by atoms with Crippen LogP contribution in [0, 0.1) is 6.92 Å². The van der Waals surface area contributed by atoms with Crippen LogP contribution in [0.25, 0.3) is 10.9 Å². The van der Waals surface area contributed by atoms with Crippen LogP contribution in [0.5, 0.6) is 0 Å². The first-order valence-electron chi connectivity index (χ1n) is 8.17. The Labute approximate surface area is 141 Å². The molecule has 0 saturated heterocycles. The molecule has 3 rings (SSSR count). The number of carbonyl (C=O) groups excluding carboxylic acids is 1. The number of aromatic amines is 1. The van der Waals surface area contributed by atoms with Gasteiger partial charge >= 0.3 is 0 Å². The van der Waals surface area contributed by atoms with Gasteiger partial charge in [0.05, 0.1) is 13.0 Å². The summed E-state index contributed by atoms with van der Waals surface area (Å²) in [5, 5.41) is 10.4. The van der Waals surface area contributed by atoms with Crippen LogP contribution >= 0.6 is 0 Å². The van der Waals surface area contributed by atoms with Crippen LogP contribution in [0.15, 0.2) is 54.7 Å². The molecule has 0 aliphatic heterocycles. The Balaban J connectivity index is 1.80. The molecule has 4 nitrogen and oxygen atoms in total. The third-order valence-corrected chi connectivity index (χ3v) is 4.28. The van der Waals surface area contributed by atoms with Crippen LogP contribution in [0.2, 0.25) is 0 Å². The average Bonchev–Trinajstić information content (AvgIpc) is 3.00. The number of aliphatic hydroxyl groups excluding tert-OH is 1. The number of H-pyrrole nitrogens is 1. The third-order valence-electron chi connectivity index (χ3n) is 4.28. The van der Waals surface area contributed by atoms with E-state index in [4.69, 9.17) is 0 Å². The van der Waals surface area contributed by atoms with Crippen LogP contribution in [-0.4, -0.2) is 34.0 Å².